The van der Waals surface area contributed by atoms with E-state index in [1.807, 2.05) is 6.92 Å². The molecule has 1 aromatic carbocycles. The first-order valence-corrected chi connectivity index (χ1v) is 6.78. The third kappa shape index (κ3) is 3.16. The highest BCUT2D eigenvalue weighted by Crippen LogP contribution is 2.18. The van der Waals surface area contributed by atoms with E-state index in [0.717, 1.165) is 5.56 Å². The van der Waals surface area contributed by atoms with Crippen molar-refractivity contribution in [1.29, 1.82) is 0 Å². The minimum Gasteiger partial charge on any atom is -0.496 e. The highest BCUT2D eigenvalue weighted by Gasteiger charge is 2.11. The van der Waals surface area contributed by atoms with E-state index < -0.39 is 5.91 Å². The van der Waals surface area contributed by atoms with Crippen LogP contribution in [0.5, 0.6) is 5.75 Å². The Balaban J connectivity index is 2.00. The first-order valence-electron chi connectivity index (χ1n) is 5.90. The zero-order valence-corrected chi connectivity index (χ0v) is 11.9. The number of ether oxygens (including phenoxy) is 1. The zero-order chi connectivity index (χ0) is 14.5. The van der Waals surface area contributed by atoms with Gasteiger partial charge < -0.3 is 4.74 Å². The Bertz CT molecular complexity index is 623. The normalized spacial score (nSPS) is 9.90. The smallest absolute Gasteiger partial charge is 0.279 e. The molecule has 0 aliphatic heterocycles. The summed E-state index contributed by atoms with van der Waals surface area (Å²) in [5.41, 5.74) is 6.09. The van der Waals surface area contributed by atoms with Gasteiger partial charge in [-0.2, -0.15) is 0 Å². The lowest BCUT2D eigenvalue weighted by molar-refractivity contribution is 0.0848. The molecule has 0 aliphatic rings. The van der Waals surface area contributed by atoms with Crippen molar-refractivity contribution >= 4 is 23.2 Å². The summed E-state index contributed by atoms with van der Waals surface area (Å²) >= 11 is 1.30. The van der Waals surface area contributed by atoms with Crippen LogP contribution in [-0.4, -0.2) is 18.9 Å². The molecule has 5 nitrogen and oxygen atoms in total. The maximum absolute atomic E-state index is 11.9. The van der Waals surface area contributed by atoms with Crippen LogP contribution in [0, 0.1) is 6.92 Å². The van der Waals surface area contributed by atoms with E-state index in [4.69, 9.17) is 4.74 Å². The molecule has 2 rings (SSSR count). The number of nitrogens with one attached hydrogen (secondary N) is 2. The molecule has 0 radical (unpaired) electrons. The highest BCUT2D eigenvalue weighted by molar-refractivity contribution is 7.12. The SMILES string of the molecule is COc1cc(C(=O)NNC(=O)c2cccs2)ccc1C. The summed E-state index contributed by atoms with van der Waals surface area (Å²) < 4.78 is 5.15. The molecule has 20 heavy (non-hydrogen) atoms. The molecule has 0 fully saturated rings. The number of carbonyl (C=O) groups is 2. The molecule has 0 aliphatic carbocycles. The van der Waals surface area contributed by atoms with Gasteiger partial charge in [0.15, 0.2) is 0 Å². The summed E-state index contributed by atoms with van der Waals surface area (Å²) in [6, 6.07) is 8.54. The summed E-state index contributed by atoms with van der Waals surface area (Å²) in [6.45, 7) is 1.89. The van der Waals surface area contributed by atoms with Crippen LogP contribution in [0.25, 0.3) is 0 Å². The molecule has 2 N–H and O–H groups in total. The van der Waals surface area contributed by atoms with Gasteiger partial charge in [-0.25, -0.2) is 0 Å². The molecule has 0 bridgehead atoms. The second-order valence-corrected chi connectivity index (χ2v) is 5.02. The summed E-state index contributed by atoms with van der Waals surface area (Å²) in [5, 5.41) is 1.79. The number of carbonyl (C=O) groups excluding carboxylic acids is 2. The topological polar surface area (TPSA) is 67.4 Å². The number of methoxy groups -OCH3 is 1. The predicted molar refractivity (Wildman–Crippen MR) is 77.0 cm³/mol. The van der Waals surface area contributed by atoms with Crippen LogP contribution < -0.4 is 15.6 Å². The van der Waals surface area contributed by atoms with Gasteiger partial charge in [-0.3, -0.25) is 20.4 Å². The standard InChI is InChI=1S/C14H14N2O3S/c1-9-5-6-10(8-11(9)19-2)13(17)15-16-14(18)12-4-3-7-20-12/h3-8H,1-2H3,(H,15,17)(H,16,18). The number of rotatable bonds is 3. The molecule has 1 aromatic heterocycles. The summed E-state index contributed by atoms with van der Waals surface area (Å²) in [7, 11) is 1.54. The van der Waals surface area contributed by atoms with Gasteiger partial charge in [0.2, 0.25) is 0 Å². The van der Waals surface area contributed by atoms with Crippen molar-refractivity contribution in [3.05, 3.63) is 51.7 Å². The Labute approximate surface area is 120 Å². The molecule has 0 saturated carbocycles. The van der Waals surface area contributed by atoms with Gasteiger partial charge in [0.25, 0.3) is 11.8 Å². The van der Waals surface area contributed by atoms with Crippen molar-refractivity contribution in [2.24, 2.45) is 0 Å². The van der Waals surface area contributed by atoms with Crippen LogP contribution in [-0.2, 0) is 0 Å². The van der Waals surface area contributed by atoms with E-state index in [-0.39, 0.29) is 5.91 Å². The third-order valence-corrected chi connectivity index (χ3v) is 3.57. The van der Waals surface area contributed by atoms with E-state index in [9.17, 15) is 9.59 Å². The van der Waals surface area contributed by atoms with E-state index >= 15 is 0 Å². The number of benzene rings is 1. The van der Waals surface area contributed by atoms with Crippen LogP contribution in [0.15, 0.2) is 35.7 Å². The van der Waals surface area contributed by atoms with Crippen LogP contribution in [0.4, 0.5) is 0 Å². The molecule has 104 valence electrons. The summed E-state index contributed by atoms with van der Waals surface area (Å²) in [5.74, 6) is -0.108. The largest absolute Gasteiger partial charge is 0.496 e. The van der Waals surface area contributed by atoms with Gasteiger partial charge in [0.05, 0.1) is 12.0 Å². The quantitative estimate of drug-likeness (QED) is 0.851. The van der Waals surface area contributed by atoms with Crippen molar-refractivity contribution < 1.29 is 14.3 Å². The Kier molecular flexibility index (Phi) is 4.37. The predicted octanol–water partition coefficient (Wildman–Crippen LogP) is 2.14. The molecule has 0 saturated heterocycles. The first kappa shape index (κ1) is 14.1. The van der Waals surface area contributed by atoms with Gasteiger partial charge in [-0.15, -0.1) is 11.3 Å². The summed E-state index contributed by atoms with van der Waals surface area (Å²) in [4.78, 5) is 24.1. The van der Waals surface area contributed by atoms with E-state index in [0.29, 0.717) is 16.2 Å². The molecule has 0 spiro atoms. The molecule has 0 unspecified atom stereocenters. The maximum Gasteiger partial charge on any atom is 0.279 e. The van der Waals surface area contributed by atoms with Crippen molar-refractivity contribution in [2.45, 2.75) is 6.92 Å². The molecule has 2 aromatic rings. The minimum atomic E-state index is -0.395. The maximum atomic E-state index is 11.9. The van der Waals surface area contributed by atoms with Gasteiger partial charge in [0.1, 0.15) is 5.75 Å². The monoisotopic (exact) mass is 290 g/mol. The minimum absolute atomic E-state index is 0.340. The van der Waals surface area contributed by atoms with Crippen molar-refractivity contribution in [2.75, 3.05) is 7.11 Å². The number of hydrogen-bond acceptors (Lipinski definition) is 4. The number of aryl methyl sites for hydroxylation is 1. The number of hydrogen-bond donors (Lipinski definition) is 2. The molecular formula is C14H14N2O3S. The third-order valence-electron chi connectivity index (χ3n) is 2.70. The van der Waals surface area contributed by atoms with Crippen molar-refractivity contribution in [3.8, 4) is 5.75 Å². The second-order valence-electron chi connectivity index (χ2n) is 4.07. The molecule has 6 heteroatoms. The lowest BCUT2D eigenvalue weighted by Crippen LogP contribution is -2.41. The Hall–Kier alpha value is -2.34. The van der Waals surface area contributed by atoms with Gasteiger partial charge in [0, 0.05) is 5.56 Å². The van der Waals surface area contributed by atoms with Crippen LogP contribution in [0.2, 0.25) is 0 Å². The Morgan fingerprint density at radius 3 is 2.55 bits per heavy atom. The molecule has 1 heterocycles. The van der Waals surface area contributed by atoms with Crippen LogP contribution in [0.3, 0.4) is 0 Å². The number of amides is 2. The summed E-state index contributed by atoms with van der Waals surface area (Å²) in [6.07, 6.45) is 0. The highest BCUT2D eigenvalue weighted by atomic mass is 32.1. The van der Waals surface area contributed by atoms with Crippen LogP contribution >= 0.6 is 11.3 Å². The second kappa shape index (κ2) is 6.21. The number of thiophene rings is 1. The number of hydrazine groups is 1. The lowest BCUT2D eigenvalue weighted by atomic mass is 10.1. The van der Waals surface area contributed by atoms with Crippen molar-refractivity contribution in [1.82, 2.24) is 10.9 Å². The van der Waals surface area contributed by atoms with Gasteiger partial charge in [-0.1, -0.05) is 12.1 Å². The molecule has 2 amide bonds. The van der Waals surface area contributed by atoms with E-state index in [2.05, 4.69) is 10.9 Å². The van der Waals surface area contributed by atoms with Gasteiger partial charge >= 0.3 is 0 Å². The Morgan fingerprint density at radius 1 is 1.15 bits per heavy atom. The fraction of sp³-hybridized carbons (Fsp3) is 0.143. The fourth-order valence-corrected chi connectivity index (χ4v) is 2.24. The van der Waals surface area contributed by atoms with Crippen molar-refractivity contribution in [3.63, 3.8) is 0 Å². The first-order chi connectivity index (χ1) is 9.61. The average molecular weight is 290 g/mol. The zero-order valence-electron chi connectivity index (χ0n) is 11.1. The van der Waals surface area contributed by atoms with Crippen LogP contribution in [0.1, 0.15) is 25.6 Å². The molecular weight excluding hydrogens is 276 g/mol. The average Bonchev–Trinajstić information content (AvgIpc) is 2.99. The molecule has 0 atom stereocenters. The Morgan fingerprint density at radius 2 is 1.90 bits per heavy atom. The fourth-order valence-electron chi connectivity index (χ4n) is 1.62. The van der Waals surface area contributed by atoms with E-state index in [1.54, 1.807) is 42.8 Å². The van der Waals surface area contributed by atoms with Gasteiger partial charge in [-0.05, 0) is 36.1 Å². The lowest BCUT2D eigenvalue weighted by Gasteiger charge is -2.09. The van der Waals surface area contributed by atoms with E-state index in [1.165, 1.54) is 11.3 Å².